The molecule has 28 heavy (non-hydrogen) atoms. The van der Waals surface area contributed by atoms with E-state index in [1.807, 2.05) is 54.6 Å². The summed E-state index contributed by atoms with van der Waals surface area (Å²) < 4.78 is 35.6. The van der Waals surface area contributed by atoms with Gasteiger partial charge in [0.25, 0.3) is 10.1 Å². The Balaban J connectivity index is 2.00. The van der Waals surface area contributed by atoms with Crippen LogP contribution in [0.25, 0.3) is 11.1 Å². The van der Waals surface area contributed by atoms with E-state index in [0.29, 0.717) is 0 Å². The van der Waals surface area contributed by atoms with Crippen LogP contribution in [0, 0.1) is 0 Å². The van der Waals surface area contributed by atoms with E-state index in [-0.39, 0.29) is 19.4 Å². The smallest absolute Gasteiger partial charge is 0.328 e. The van der Waals surface area contributed by atoms with Gasteiger partial charge >= 0.3 is 5.97 Å². The molecule has 1 amide bonds. The number of carbonyl (C=O) groups is 2. The summed E-state index contributed by atoms with van der Waals surface area (Å²) in [4.78, 5) is 24.2. The first-order valence-electron chi connectivity index (χ1n) is 8.84. The second-order valence-electron chi connectivity index (χ2n) is 6.19. The topological polar surface area (TPSA) is 110 Å². The van der Waals surface area contributed by atoms with Crippen molar-refractivity contribution >= 4 is 22.0 Å². The highest BCUT2D eigenvalue weighted by Gasteiger charge is 2.24. The molecule has 0 fully saturated rings. The highest BCUT2D eigenvalue weighted by molar-refractivity contribution is 7.85. The van der Waals surface area contributed by atoms with Gasteiger partial charge in [-0.15, -0.1) is 0 Å². The third-order valence-corrected chi connectivity index (χ3v) is 4.75. The highest BCUT2D eigenvalue weighted by Crippen LogP contribution is 2.19. The molecule has 0 aromatic heterocycles. The van der Waals surface area contributed by atoms with E-state index >= 15 is 0 Å². The lowest BCUT2D eigenvalue weighted by molar-refractivity contribution is -0.147. The average molecular weight is 405 g/mol. The van der Waals surface area contributed by atoms with Gasteiger partial charge in [0.15, 0.2) is 0 Å². The Hall–Kier alpha value is -2.71. The molecule has 0 aliphatic heterocycles. The van der Waals surface area contributed by atoms with Gasteiger partial charge in [-0.3, -0.25) is 9.35 Å². The highest BCUT2D eigenvalue weighted by atomic mass is 32.2. The van der Waals surface area contributed by atoms with Gasteiger partial charge in [-0.1, -0.05) is 54.6 Å². The van der Waals surface area contributed by atoms with Gasteiger partial charge in [0, 0.05) is 0 Å². The first-order valence-corrected chi connectivity index (χ1v) is 10.4. The number of benzene rings is 2. The maximum atomic E-state index is 12.3. The lowest BCUT2D eigenvalue weighted by Crippen LogP contribution is -2.43. The molecule has 0 spiro atoms. The Morgan fingerprint density at radius 2 is 1.64 bits per heavy atom. The van der Waals surface area contributed by atoms with Crippen LogP contribution in [-0.4, -0.2) is 43.2 Å². The van der Waals surface area contributed by atoms with Crippen molar-refractivity contribution in [1.29, 1.82) is 0 Å². The van der Waals surface area contributed by atoms with Crippen LogP contribution >= 0.6 is 0 Å². The van der Waals surface area contributed by atoms with E-state index in [4.69, 9.17) is 9.29 Å². The maximum absolute atomic E-state index is 12.3. The molecule has 7 nitrogen and oxygen atoms in total. The zero-order chi connectivity index (χ0) is 20.6. The molecule has 0 saturated carbocycles. The van der Waals surface area contributed by atoms with Crippen molar-refractivity contribution in [3.8, 4) is 11.1 Å². The molecule has 8 heteroatoms. The number of esters is 1. The van der Waals surface area contributed by atoms with Crippen LogP contribution in [0.15, 0.2) is 54.6 Å². The summed E-state index contributed by atoms with van der Waals surface area (Å²) in [6.07, 6.45) is -0.243. The van der Waals surface area contributed by atoms with Crippen LogP contribution in [0.4, 0.5) is 0 Å². The number of hydrogen-bond donors (Lipinski definition) is 2. The third kappa shape index (κ3) is 7.13. The van der Waals surface area contributed by atoms with Gasteiger partial charge < -0.3 is 10.1 Å². The van der Waals surface area contributed by atoms with Gasteiger partial charge in [0.1, 0.15) is 6.04 Å². The predicted molar refractivity (Wildman–Crippen MR) is 105 cm³/mol. The van der Waals surface area contributed by atoms with Crippen molar-refractivity contribution in [1.82, 2.24) is 5.32 Å². The molecule has 150 valence electrons. The van der Waals surface area contributed by atoms with E-state index in [1.165, 1.54) is 0 Å². The fraction of sp³-hybridized carbons (Fsp3) is 0.300. The van der Waals surface area contributed by atoms with Gasteiger partial charge in [0.2, 0.25) is 5.91 Å². The minimum absolute atomic E-state index is 0.0247. The molecule has 2 N–H and O–H groups in total. The minimum Gasteiger partial charge on any atom is -0.464 e. The van der Waals surface area contributed by atoms with Gasteiger partial charge in [-0.25, -0.2) is 4.79 Å². The molecule has 0 saturated heterocycles. The Labute approximate surface area is 164 Å². The van der Waals surface area contributed by atoms with Gasteiger partial charge in [-0.05, 0) is 30.0 Å². The molecule has 1 atom stereocenters. The molecule has 0 radical (unpaired) electrons. The first kappa shape index (κ1) is 21.6. The second kappa shape index (κ2) is 10.0. The molecule has 2 aromatic carbocycles. The molecule has 0 aliphatic carbocycles. The molecule has 0 heterocycles. The predicted octanol–water partition coefficient (Wildman–Crippen LogP) is 2.22. The molecule has 0 bridgehead atoms. The van der Waals surface area contributed by atoms with Crippen LogP contribution in [0.3, 0.4) is 0 Å². The molecule has 0 aliphatic rings. The quantitative estimate of drug-likeness (QED) is 0.489. The number of nitrogens with one attached hydrogen (secondary N) is 1. The molecule has 2 aromatic rings. The van der Waals surface area contributed by atoms with E-state index in [1.54, 1.807) is 6.92 Å². The van der Waals surface area contributed by atoms with Crippen molar-refractivity contribution in [2.75, 3.05) is 12.4 Å². The maximum Gasteiger partial charge on any atom is 0.328 e. The van der Waals surface area contributed by atoms with Crippen molar-refractivity contribution in [3.05, 3.63) is 60.2 Å². The standard InChI is InChI=1S/C20H23NO6S/c1-2-27-20(23)18(12-13-28(24,25)26)21-19(22)14-15-8-10-17(11-9-15)16-6-4-3-5-7-16/h3-11,18H,2,12-14H2,1H3,(H,21,22)(H,24,25,26)/t18-/m0/s1. The summed E-state index contributed by atoms with van der Waals surface area (Å²) in [5, 5.41) is 2.48. The average Bonchev–Trinajstić information content (AvgIpc) is 2.66. The monoisotopic (exact) mass is 405 g/mol. The number of rotatable bonds is 9. The van der Waals surface area contributed by atoms with E-state index < -0.39 is 33.8 Å². The number of carbonyl (C=O) groups excluding carboxylic acids is 2. The Kier molecular flexibility index (Phi) is 7.71. The Morgan fingerprint density at radius 1 is 1.04 bits per heavy atom. The summed E-state index contributed by atoms with van der Waals surface area (Å²) >= 11 is 0. The van der Waals surface area contributed by atoms with Crippen LogP contribution in [0.1, 0.15) is 18.9 Å². The first-order chi connectivity index (χ1) is 13.3. The van der Waals surface area contributed by atoms with Crippen LogP contribution in [0.5, 0.6) is 0 Å². The summed E-state index contributed by atoms with van der Waals surface area (Å²) in [5.74, 6) is -1.83. The van der Waals surface area contributed by atoms with Gasteiger partial charge in [0.05, 0.1) is 18.8 Å². The lowest BCUT2D eigenvalue weighted by Gasteiger charge is -2.16. The summed E-state index contributed by atoms with van der Waals surface area (Å²) in [5.41, 5.74) is 2.82. The van der Waals surface area contributed by atoms with Crippen molar-refractivity contribution in [2.45, 2.75) is 25.8 Å². The molecular formula is C20H23NO6S. The van der Waals surface area contributed by atoms with E-state index in [9.17, 15) is 18.0 Å². The SMILES string of the molecule is CCOC(=O)[C@H](CCS(=O)(=O)O)NC(=O)Cc1ccc(-c2ccccc2)cc1. The fourth-order valence-electron chi connectivity index (χ4n) is 2.63. The number of ether oxygens (including phenoxy) is 1. The van der Waals surface area contributed by atoms with Crippen molar-refractivity contribution in [3.63, 3.8) is 0 Å². The summed E-state index contributed by atoms with van der Waals surface area (Å²) in [6.45, 7) is 1.70. The van der Waals surface area contributed by atoms with E-state index in [0.717, 1.165) is 16.7 Å². The third-order valence-electron chi connectivity index (χ3n) is 4.00. The van der Waals surface area contributed by atoms with Crippen LogP contribution in [-0.2, 0) is 30.9 Å². The van der Waals surface area contributed by atoms with Crippen LogP contribution < -0.4 is 5.32 Å². The second-order valence-corrected chi connectivity index (χ2v) is 7.76. The van der Waals surface area contributed by atoms with Crippen LogP contribution in [0.2, 0.25) is 0 Å². The normalized spacial score (nSPS) is 12.2. The summed E-state index contributed by atoms with van der Waals surface area (Å²) in [6, 6.07) is 16.1. The minimum atomic E-state index is -4.25. The molecule has 2 rings (SSSR count). The van der Waals surface area contributed by atoms with Crippen molar-refractivity contribution in [2.24, 2.45) is 0 Å². The number of amides is 1. The summed E-state index contributed by atoms with van der Waals surface area (Å²) in [7, 11) is -4.25. The molecular weight excluding hydrogens is 382 g/mol. The zero-order valence-corrected chi connectivity index (χ0v) is 16.3. The van der Waals surface area contributed by atoms with Gasteiger partial charge in [-0.2, -0.15) is 8.42 Å². The Bertz CT molecular complexity index is 894. The van der Waals surface area contributed by atoms with E-state index in [2.05, 4.69) is 5.32 Å². The fourth-order valence-corrected chi connectivity index (χ4v) is 3.17. The lowest BCUT2D eigenvalue weighted by atomic mass is 10.0. The molecule has 0 unspecified atom stereocenters. The Morgan fingerprint density at radius 3 is 2.21 bits per heavy atom. The number of hydrogen-bond acceptors (Lipinski definition) is 5. The largest absolute Gasteiger partial charge is 0.464 e. The van der Waals surface area contributed by atoms with Crippen molar-refractivity contribution < 1.29 is 27.3 Å². The zero-order valence-electron chi connectivity index (χ0n) is 15.5.